The number of nitrogens with two attached hydrogens (primary N) is 1. The lowest BCUT2D eigenvalue weighted by Gasteiger charge is -2.25. The van der Waals surface area contributed by atoms with Crippen LogP contribution in [-0.2, 0) is 25.6 Å². The Labute approximate surface area is 184 Å². The molecule has 0 fully saturated rings. The van der Waals surface area contributed by atoms with Crippen LogP contribution in [0.4, 0.5) is 0 Å². The van der Waals surface area contributed by atoms with Crippen molar-refractivity contribution in [2.24, 2.45) is 5.73 Å². The molecule has 0 saturated carbocycles. The van der Waals surface area contributed by atoms with Crippen LogP contribution in [0.25, 0.3) is 0 Å². The summed E-state index contributed by atoms with van der Waals surface area (Å²) in [6, 6.07) is -4.54. The van der Waals surface area contributed by atoms with Gasteiger partial charge >= 0.3 is 5.97 Å². The summed E-state index contributed by atoms with van der Waals surface area (Å²) < 4.78 is 0. The van der Waals surface area contributed by atoms with Crippen LogP contribution in [0.2, 0.25) is 0 Å². The molecular formula is C18H30N6O6S. The number of aromatic amines is 1. The van der Waals surface area contributed by atoms with E-state index in [9.17, 15) is 29.4 Å². The SMILES string of the molecule is CSCCC(NC(=O)C(C)NC(=O)C(NC(=O)C(N)Cc1cnc[nH]1)C(C)O)C(=O)O. The molecule has 0 spiro atoms. The summed E-state index contributed by atoms with van der Waals surface area (Å²) in [6.07, 6.45) is 3.86. The van der Waals surface area contributed by atoms with Crippen LogP contribution in [0.3, 0.4) is 0 Å². The van der Waals surface area contributed by atoms with E-state index in [4.69, 9.17) is 5.73 Å². The summed E-state index contributed by atoms with van der Waals surface area (Å²) in [7, 11) is 0. The molecule has 5 atom stereocenters. The van der Waals surface area contributed by atoms with Gasteiger partial charge in [0, 0.05) is 18.3 Å². The highest BCUT2D eigenvalue weighted by atomic mass is 32.2. The maximum atomic E-state index is 12.5. The Kier molecular flexibility index (Phi) is 11.0. The van der Waals surface area contributed by atoms with Crippen molar-refractivity contribution in [3.8, 4) is 0 Å². The number of carboxylic acid groups (broad SMARTS) is 1. The minimum Gasteiger partial charge on any atom is -0.480 e. The predicted molar refractivity (Wildman–Crippen MR) is 114 cm³/mol. The largest absolute Gasteiger partial charge is 0.480 e. The van der Waals surface area contributed by atoms with Gasteiger partial charge in [-0.1, -0.05) is 0 Å². The highest BCUT2D eigenvalue weighted by molar-refractivity contribution is 7.98. The van der Waals surface area contributed by atoms with Crippen LogP contribution in [0.5, 0.6) is 0 Å². The first kappa shape index (κ1) is 26.4. The van der Waals surface area contributed by atoms with E-state index in [2.05, 4.69) is 25.9 Å². The molecule has 0 saturated heterocycles. The van der Waals surface area contributed by atoms with Crippen molar-refractivity contribution in [1.82, 2.24) is 25.9 Å². The summed E-state index contributed by atoms with van der Waals surface area (Å²) >= 11 is 1.44. The summed E-state index contributed by atoms with van der Waals surface area (Å²) in [5.41, 5.74) is 6.46. The standard InChI is InChI=1S/C18H30N6O6S/c1-9(15(26)23-13(18(29)30)4-5-31-3)22-17(28)14(10(2)25)24-16(27)12(19)6-11-7-20-8-21-11/h7-10,12-14,25H,4-6,19H2,1-3H3,(H,20,21)(H,22,28)(H,23,26)(H,24,27)(H,29,30). The maximum Gasteiger partial charge on any atom is 0.326 e. The van der Waals surface area contributed by atoms with E-state index < -0.39 is 54.0 Å². The van der Waals surface area contributed by atoms with E-state index in [1.165, 1.54) is 38.1 Å². The van der Waals surface area contributed by atoms with Crippen molar-refractivity contribution < 1.29 is 29.4 Å². The third kappa shape index (κ3) is 8.94. The van der Waals surface area contributed by atoms with Crippen molar-refractivity contribution in [2.75, 3.05) is 12.0 Å². The highest BCUT2D eigenvalue weighted by Crippen LogP contribution is 2.03. The summed E-state index contributed by atoms with van der Waals surface area (Å²) in [6.45, 7) is 2.67. The lowest BCUT2D eigenvalue weighted by molar-refractivity contribution is -0.142. The topological polar surface area (TPSA) is 200 Å². The second-order valence-electron chi connectivity index (χ2n) is 7.03. The van der Waals surface area contributed by atoms with Gasteiger partial charge in [0.05, 0.1) is 18.5 Å². The van der Waals surface area contributed by atoms with Crippen LogP contribution >= 0.6 is 11.8 Å². The van der Waals surface area contributed by atoms with Crippen LogP contribution in [-0.4, -0.2) is 86.2 Å². The third-order valence-electron chi connectivity index (χ3n) is 4.37. The number of aliphatic carboxylic acids is 1. The van der Waals surface area contributed by atoms with E-state index in [0.717, 1.165) is 0 Å². The molecule has 8 N–H and O–H groups in total. The molecule has 1 heterocycles. The smallest absolute Gasteiger partial charge is 0.326 e. The second kappa shape index (κ2) is 12.9. The number of rotatable bonds is 13. The van der Waals surface area contributed by atoms with Crippen LogP contribution < -0.4 is 21.7 Å². The number of hydrogen-bond acceptors (Lipinski definition) is 8. The molecular weight excluding hydrogens is 428 g/mol. The Balaban J connectivity index is 2.67. The third-order valence-corrected chi connectivity index (χ3v) is 5.02. The quantitative estimate of drug-likeness (QED) is 0.174. The molecule has 1 aromatic heterocycles. The van der Waals surface area contributed by atoms with E-state index in [1.807, 2.05) is 6.26 Å². The average molecular weight is 459 g/mol. The van der Waals surface area contributed by atoms with Crippen LogP contribution in [0.15, 0.2) is 12.5 Å². The van der Waals surface area contributed by atoms with Gasteiger partial charge in [-0.15, -0.1) is 0 Å². The Bertz CT molecular complexity index is 744. The second-order valence-corrected chi connectivity index (χ2v) is 8.01. The number of nitrogens with one attached hydrogen (secondary N) is 4. The number of carbonyl (C=O) groups excluding carboxylic acids is 3. The number of aliphatic hydroxyl groups excluding tert-OH is 1. The number of aromatic nitrogens is 2. The Morgan fingerprint density at radius 3 is 2.35 bits per heavy atom. The van der Waals surface area contributed by atoms with E-state index >= 15 is 0 Å². The zero-order chi connectivity index (χ0) is 23.6. The van der Waals surface area contributed by atoms with Crippen molar-refractivity contribution in [3.63, 3.8) is 0 Å². The maximum absolute atomic E-state index is 12.5. The molecule has 5 unspecified atom stereocenters. The Morgan fingerprint density at radius 1 is 1.16 bits per heavy atom. The minimum atomic E-state index is -1.36. The molecule has 1 rings (SSSR count). The lowest BCUT2D eigenvalue weighted by Crippen LogP contribution is -2.59. The number of nitrogens with zero attached hydrogens (tertiary/aromatic N) is 1. The number of carboxylic acids is 1. The molecule has 0 aliphatic heterocycles. The predicted octanol–water partition coefficient (Wildman–Crippen LogP) is -2.03. The molecule has 31 heavy (non-hydrogen) atoms. The van der Waals surface area contributed by atoms with E-state index in [1.54, 1.807) is 0 Å². The minimum absolute atomic E-state index is 0.144. The number of carbonyl (C=O) groups is 4. The Hall–Kier alpha value is -2.64. The van der Waals surface area contributed by atoms with Crippen molar-refractivity contribution in [3.05, 3.63) is 18.2 Å². The van der Waals surface area contributed by atoms with Gasteiger partial charge in [-0.25, -0.2) is 9.78 Å². The molecule has 1 aromatic rings. The molecule has 174 valence electrons. The number of imidazole rings is 1. The van der Waals surface area contributed by atoms with Crippen LogP contribution in [0, 0.1) is 0 Å². The lowest BCUT2D eigenvalue weighted by atomic mass is 10.1. The van der Waals surface area contributed by atoms with Gasteiger partial charge in [0.2, 0.25) is 17.7 Å². The molecule has 0 aliphatic rings. The number of amides is 3. The molecule has 12 nitrogen and oxygen atoms in total. The average Bonchev–Trinajstić information content (AvgIpc) is 3.20. The highest BCUT2D eigenvalue weighted by Gasteiger charge is 2.30. The number of H-pyrrole nitrogens is 1. The normalized spacial score (nSPS) is 15.8. The first-order chi connectivity index (χ1) is 14.6. The van der Waals surface area contributed by atoms with Crippen molar-refractivity contribution in [2.45, 2.75) is 57.0 Å². The molecule has 0 aromatic carbocycles. The van der Waals surface area contributed by atoms with Gasteiger partial charge in [-0.2, -0.15) is 11.8 Å². The van der Waals surface area contributed by atoms with Crippen LogP contribution in [0.1, 0.15) is 26.0 Å². The first-order valence-corrected chi connectivity index (χ1v) is 11.0. The van der Waals surface area contributed by atoms with Gasteiger partial charge in [-0.05, 0) is 32.3 Å². The summed E-state index contributed by atoms with van der Waals surface area (Å²) in [5, 5.41) is 26.2. The molecule has 0 radical (unpaired) electrons. The van der Waals surface area contributed by atoms with E-state index in [0.29, 0.717) is 11.4 Å². The summed E-state index contributed by atoms with van der Waals surface area (Å²) in [5.74, 6) is -2.83. The first-order valence-electron chi connectivity index (χ1n) is 9.60. The summed E-state index contributed by atoms with van der Waals surface area (Å²) in [4.78, 5) is 55.0. The van der Waals surface area contributed by atoms with Gasteiger partial charge < -0.3 is 36.9 Å². The number of hydrogen-bond donors (Lipinski definition) is 7. The Morgan fingerprint density at radius 2 is 1.84 bits per heavy atom. The van der Waals surface area contributed by atoms with Crippen molar-refractivity contribution >= 4 is 35.5 Å². The van der Waals surface area contributed by atoms with Gasteiger partial charge in [0.1, 0.15) is 18.1 Å². The fraction of sp³-hybridized carbons (Fsp3) is 0.611. The fourth-order valence-corrected chi connectivity index (χ4v) is 3.02. The van der Waals surface area contributed by atoms with Crippen molar-refractivity contribution in [1.29, 1.82) is 0 Å². The molecule has 3 amide bonds. The number of aliphatic hydroxyl groups is 1. The molecule has 0 aliphatic carbocycles. The zero-order valence-electron chi connectivity index (χ0n) is 17.6. The fourth-order valence-electron chi connectivity index (χ4n) is 2.55. The monoisotopic (exact) mass is 458 g/mol. The van der Waals surface area contributed by atoms with E-state index in [-0.39, 0.29) is 12.8 Å². The number of thioether (sulfide) groups is 1. The van der Waals surface area contributed by atoms with Gasteiger partial charge in [-0.3, -0.25) is 14.4 Å². The van der Waals surface area contributed by atoms with Gasteiger partial charge in [0.25, 0.3) is 0 Å². The molecule has 13 heteroatoms. The van der Waals surface area contributed by atoms with Gasteiger partial charge in [0.15, 0.2) is 0 Å². The zero-order valence-corrected chi connectivity index (χ0v) is 18.4. The molecule has 0 bridgehead atoms.